The van der Waals surface area contributed by atoms with Crippen LogP contribution in [0.25, 0.3) is 17.1 Å². The van der Waals surface area contributed by atoms with E-state index < -0.39 is 5.97 Å². The van der Waals surface area contributed by atoms with E-state index in [4.69, 9.17) is 9.84 Å². The summed E-state index contributed by atoms with van der Waals surface area (Å²) in [6.45, 7) is 0. The number of carboxylic acids is 1. The van der Waals surface area contributed by atoms with Crippen molar-refractivity contribution in [2.75, 3.05) is 12.4 Å². The molecule has 2 N–H and O–H groups in total. The fourth-order valence-electron chi connectivity index (χ4n) is 2.88. The van der Waals surface area contributed by atoms with Gasteiger partial charge in [-0.15, -0.1) is 5.10 Å². The summed E-state index contributed by atoms with van der Waals surface area (Å²) in [7, 11) is 1.56. The summed E-state index contributed by atoms with van der Waals surface area (Å²) in [5, 5.41) is 20.1. The number of nitrogens with zero attached hydrogens (tertiary/aromatic N) is 4. The maximum absolute atomic E-state index is 12.5. The third-order valence-electron chi connectivity index (χ3n) is 4.48. The maximum atomic E-state index is 12.5. The molecule has 0 spiro atoms. The molecule has 0 bridgehead atoms. The third-order valence-corrected chi connectivity index (χ3v) is 4.48. The fraction of sp³-hybridized carbons (Fsp3) is 0.0455. The zero-order valence-corrected chi connectivity index (χ0v) is 16.4. The highest BCUT2D eigenvalue weighted by Gasteiger charge is 2.11. The Bertz CT molecular complexity index is 1250. The predicted octanol–water partition coefficient (Wildman–Crippen LogP) is 3.29. The van der Waals surface area contributed by atoms with Crippen LogP contribution in [0.15, 0.2) is 73.1 Å². The monoisotopic (exact) mass is 415 g/mol. The van der Waals surface area contributed by atoms with Crippen molar-refractivity contribution < 1.29 is 19.4 Å². The number of benzene rings is 2. The number of rotatable bonds is 6. The molecule has 0 unspecified atom stereocenters. The molecule has 1 amide bonds. The first-order valence-electron chi connectivity index (χ1n) is 9.21. The molecule has 2 heterocycles. The van der Waals surface area contributed by atoms with E-state index in [0.29, 0.717) is 34.1 Å². The van der Waals surface area contributed by atoms with E-state index in [2.05, 4.69) is 20.6 Å². The quantitative estimate of drug-likeness (QED) is 0.496. The van der Waals surface area contributed by atoms with Crippen LogP contribution < -0.4 is 10.1 Å². The molecule has 0 fully saturated rings. The molecule has 9 nitrogen and oxygen atoms in total. The van der Waals surface area contributed by atoms with Crippen LogP contribution >= 0.6 is 0 Å². The van der Waals surface area contributed by atoms with Crippen LogP contribution in [0.3, 0.4) is 0 Å². The Kier molecular flexibility index (Phi) is 5.39. The lowest BCUT2D eigenvalue weighted by molar-refractivity contribution is 0.0696. The largest absolute Gasteiger partial charge is 0.497 e. The van der Waals surface area contributed by atoms with Gasteiger partial charge in [0.1, 0.15) is 11.4 Å². The number of pyridine rings is 1. The SMILES string of the molecule is COc1ccc(C(=O)Nc2cccc(-n3cc(-c4cc(C(=O)O)ccn4)nn3)c2)cc1. The van der Waals surface area contributed by atoms with Crippen molar-refractivity contribution in [3.05, 3.63) is 84.2 Å². The normalized spacial score (nSPS) is 10.5. The van der Waals surface area contributed by atoms with E-state index in [1.165, 1.54) is 23.0 Å². The number of amides is 1. The lowest BCUT2D eigenvalue weighted by Gasteiger charge is -2.08. The maximum Gasteiger partial charge on any atom is 0.335 e. The van der Waals surface area contributed by atoms with Gasteiger partial charge in [-0.2, -0.15) is 0 Å². The van der Waals surface area contributed by atoms with E-state index in [1.807, 2.05) is 6.07 Å². The minimum atomic E-state index is -1.05. The first-order chi connectivity index (χ1) is 15.0. The van der Waals surface area contributed by atoms with Gasteiger partial charge in [0.25, 0.3) is 5.91 Å². The number of ether oxygens (including phenoxy) is 1. The molecule has 2 aromatic carbocycles. The number of aromatic nitrogens is 4. The van der Waals surface area contributed by atoms with Crippen molar-refractivity contribution in [3.8, 4) is 22.8 Å². The average Bonchev–Trinajstić information content (AvgIpc) is 3.30. The van der Waals surface area contributed by atoms with Crippen molar-refractivity contribution in [2.24, 2.45) is 0 Å². The van der Waals surface area contributed by atoms with Gasteiger partial charge in [0.2, 0.25) is 0 Å². The van der Waals surface area contributed by atoms with E-state index in [9.17, 15) is 9.59 Å². The zero-order valence-electron chi connectivity index (χ0n) is 16.4. The number of aromatic carboxylic acids is 1. The average molecular weight is 415 g/mol. The van der Waals surface area contributed by atoms with Crippen LogP contribution in [-0.2, 0) is 0 Å². The first kappa shape index (κ1) is 19.8. The molecule has 0 aliphatic rings. The van der Waals surface area contributed by atoms with Crippen LogP contribution in [0.1, 0.15) is 20.7 Å². The van der Waals surface area contributed by atoms with Crippen LogP contribution in [0.5, 0.6) is 5.75 Å². The summed E-state index contributed by atoms with van der Waals surface area (Å²) in [5.41, 5.74) is 2.69. The van der Waals surface area contributed by atoms with Gasteiger partial charge < -0.3 is 15.2 Å². The van der Waals surface area contributed by atoms with Crippen molar-refractivity contribution in [2.45, 2.75) is 0 Å². The second kappa shape index (κ2) is 8.46. The van der Waals surface area contributed by atoms with Crippen molar-refractivity contribution in [1.82, 2.24) is 20.0 Å². The fourth-order valence-corrected chi connectivity index (χ4v) is 2.88. The van der Waals surface area contributed by atoms with Gasteiger partial charge in [-0.25, -0.2) is 9.48 Å². The summed E-state index contributed by atoms with van der Waals surface area (Å²) in [5.74, 6) is -0.631. The van der Waals surface area contributed by atoms with E-state index >= 15 is 0 Å². The van der Waals surface area contributed by atoms with Gasteiger partial charge in [0.05, 0.1) is 30.3 Å². The van der Waals surface area contributed by atoms with Crippen LogP contribution in [0, 0.1) is 0 Å². The first-order valence-corrected chi connectivity index (χ1v) is 9.21. The molecule has 0 atom stereocenters. The number of carboxylic acid groups (broad SMARTS) is 1. The Morgan fingerprint density at radius 2 is 1.81 bits per heavy atom. The highest BCUT2D eigenvalue weighted by molar-refractivity contribution is 6.04. The number of hydrogen-bond acceptors (Lipinski definition) is 6. The van der Waals surface area contributed by atoms with Crippen LogP contribution in [-0.4, -0.2) is 44.1 Å². The van der Waals surface area contributed by atoms with Gasteiger partial charge in [-0.3, -0.25) is 9.78 Å². The summed E-state index contributed by atoms with van der Waals surface area (Å²) in [6.07, 6.45) is 3.05. The van der Waals surface area contributed by atoms with E-state index in [1.54, 1.807) is 55.8 Å². The highest BCUT2D eigenvalue weighted by atomic mass is 16.5. The van der Waals surface area contributed by atoms with Crippen LogP contribution in [0.4, 0.5) is 5.69 Å². The molecule has 0 saturated heterocycles. The standard InChI is InChI=1S/C22H17N5O4/c1-31-18-7-5-14(6-8-18)21(28)24-16-3-2-4-17(12-16)27-13-20(25-26-27)19-11-15(22(29)30)9-10-23-19/h2-13H,1H3,(H,24,28)(H,29,30). The van der Waals surface area contributed by atoms with Crippen molar-refractivity contribution in [1.29, 1.82) is 0 Å². The minimum Gasteiger partial charge on any atom is -0.497 e. The van der Waals surface area contributed by atoms with Gasteiger partial charge in [-0.05, 0) is 54.6 Å². The lowest BCUT2D eigenvalue weighted by Crippen LogP contribution is -2.12. The number of hydrogen-bond donors (Lipinski definition) is 2. The molecule has 0 radical (unpaired) electrons. The molecule has 9 heteroatoms. The highest BCUT2D eigenvalue weighted by Crippen LogP contribution is 2.20. The smallest absolute Gasteiger partial charge is 0.335 e. The van der Waals surface area contributed by atoms with Crippen molar-refractivity contribution in [3.63, 3.8) is 0 Å². The van der Waals surface area contributed by atoms with Gasteiger partial charge in [0.15, 0.2) is 0 Å². The zero-order chi connectivity index (χ0) is 21.8. The van der Waals surface area contributed by atoms with E-state index in [0.717, 1.165) is 0 Å². The second-order valence-electron chi connectivity index (χ2n) is 6.52. The molecule has 2 aromatic heterocycles. The Balaban J connectivity index is 1.54. The Morgan fingerprint density at radius 1 is 1.00 bits per heavy atom. The number of nitrogens with one attached hydrogen (secondary N) is 1. The topological polar surface area (TPSA) is 119 Å². The number of methoxy groups -OCH3 is 1. The summed E-state index contributed by atoms with van der Waals surface area (Å²) in [6, 6.07) is 16.7. The van der Waals surface area contributed by atoms with Gasteiger partial charge in [-0.1, -0.05) is 11.3 Å². The summed E-state index contributed by atoms with van der Waals surface area (Å²) in [4.78, 5) is 27.8. The Labute approximate surface area is 176 Å². The number of anilines is 1. The Morgan fingerprint density at radius 3 is 2.55 bits per heavy atom. The van der Waals surface area contributed by atoms with Crippen LogP contribution in [0.2, 0.25) is 0 Å². The molecule has 4 aromatic rings. The molecule has 4 rings (SSSR count). The second-order valence-corrected chi connectivity index (χ2v) is 6.52. The summed E-state index contributed by atoms with van der Waals surface area (Å²) >= 11 is 0. The molecular formula is C22H17N5O4. The van der Waals surface area contributed by atoms with Gasteiger partial charge in [0, 0.05) is 17.4 Å². The number of carbonyl (C=O) groups excluding carboxylic acids is 1. The molecule has 0 aliphatic heterocycles. The molecule has 154 valence electrons. The molecular weight excluding hydrogens is 398 g/mol. The Hall–Kier alpha value is -4.53. The molecule has 0 saturated carbocycles. The van der Waals surface area contributed by atoms with E-state index in [-0.39, 0.29) is 11.5 Å². The van der Waals surface area contributed by atoms with Gasteiger partial charge >= 0.3 is 5.97 Å². The predicted molar refractivity (Wildman–Crippen MR) is 112 cm³/mol. The molecule has 0 aliphatic carbocycles. The number of carbonyl (C=O) groups is 2. The summed E-state index contributed by atoms with van der Waals surface area (Å²) < 4.78 is 6.62. The lowest BCUT2D eigenvalue weighted by atomic mass is 10.2. The minimum absolute atomic E-state index is 0.114. The van der Waals surface area contributed by atoms with Crippen molar-refractivity contribution >= 4 is 17.6 Å². The third kappa shape index (κ3) is 4.40. The molecule has 31 heavy (non-hydrogen) atoms.